The fraction of sp³-hybridized carbons (Fsp3) is 0.632. The summed E-state index contributed by atoms with van der Waals surface area (Å²) in [6.07, 6.45) is 5.13. The summed E-state index contributed by atoms with van der Waals surface area (Å²) in [5.74, 6) is 1.35. The Bertz CT molecular complexity index is 475. The number of rotatable bonds is 9. The molecular formula is C19H29ClO2. The molecule has 1 rings (SSSR count). The third-order valence-corrected chi connectivity index (χ3v) is 3.88. The van der Waals surface area contributed by atoms with Crippen LogP contribution in [0.25, 0.3) is 0 Å². The van der Waals surface area contributed by atoms with Gasteiger partial charge in [0.05, 0.1) is 6.61 Å². The molecular weight excluding hydrogens is 296 g/mol. The number of hydrogen-bond donors (Lipinski definition) is 0. The van der Waals surface area contributed by atoms with Gasteiger partial charge in [0.2, 0.25) is 0 Å². The monoisotopic (exact) mass is 324 g/mol. The maximum Gasteiger partial charge on any atom is 0.164 e. The number of benzene rings is 1. The molecule has 0 amide bonds. The summed E-state index contributed by atoms with van der Waals surface area (Å²) in [6.45, 7) is 9.36. The maximum absolute atomic E-state index is 12.0. The lowest BCUT2D eigenvalue weighted by atomic mass is 9.85. The Labute approximate surface area is 140 Å². The Morgan fingerprint density at radius 1 is 1.18 bits per heavy atom. The molecule has 0 aromatic heterocycles. The van der Waals surface area contributed by atoms with Crippen LogP contribution in [0.4, 0.5) is 0 Å². The fourth-order valence-corrected chi connectivity index (χ4v) is 2.53. The van der Waals surface area contributed by atoms with E-state index < -0.39 is 0 Å². The van der Waals surface area contributed by atoms with E-state index in [1.165, 1.54) is 19.3 Å². The molecule has 0 spiro atoms. The van der Waals surface area contributed by atoms with Crippen molar-refractivity contribution in [3.05, 3.63) is 29.3 Å². The van der Waals surface area contributed by atoms with Gasteiger partial charge in [-0.3, -0.25) is 4.79 Å². The van der Waals surface area contributed by atoms with Crippen molar-refractivity contribution < 1.29 is 9.53 Å². The summed E-state index contributed by atoms with van der Waals surface area (Å²) in [6, 6.07) is 5.75. The largest absolute Gasteiger partial charge is 0.493 e. The molecule has 0 bridgehead atoms. The number of ketones is 1. The van der Waals surface area contributed by atoms with E-state index in [2.05, 4.69) is 27.7 Å². The van der Waals surface area contributed by atoms with Crippen molar-refractivity contribution in [1.29, 1.82) is 0 Å². The SMILES string of the molecule is CCCCCCOc1ccc(C(=O)CCCl)cc1C(C)(C)C. The number of carbonyl (C=O) groups excluding carboxylic acids is 1. The van der Waals surface area contributed by atoms with Gasteiger partial charge in [-0.2, -0.15) is 0 Å². The van der Waals surface area contributed by atoms with E-state index in [0.29, 0.717) is 12.3 Å². The topological polar surface area (TPSA) is 26.3 Å². The van der Waals surface area contributed by atoms with Crippen molar-refractivity contribution in [2.75, 3.05) is 12.5 Å². The van der Waals surface area contributed by atoms with Gasteiger partial charge in [0.15, 0.2) is 5.78 Å². The third kappa shape index (κ3) is 6.00. The number of carbonyl (C=O) groups is 1. The maximum atomic E-state index is 12.0. The first kappa shape index (κ1) is 19.0. The molecule has 124 valence electrons. The summed E-state index contributed by atoms with van der Waals surface area (Å²) in [5, 5.41) is 0. The second kappa shape index (κ2) is 9.19. The van der Waals surface area contributed by atoms with E-state index in [-0.39, 0.29) is 11.2 Å². The van der Waals surface area contributed by atoms with Crippen LogP contribution in [0, 0.1) is 0 Å². The zero-order valence-electron chi connectivity index (χ0n) is 14.4. The lowest BCUT2D eigenvalue weighted by Crippen LogP contribution is -2.15. The fourth-order valence-electron chi connectivity index (χ4n) is 2.36. The minimum absolute atomic E-state index is 0.0595. The summed E-state index contributed by atoms with van der Waals surface area (Å²) >= 11 is 5.67. The van der Waals surface area contributed by atoms with Gasteiger partial charge in [-0.05, 0) is 30.0 Å². The van der Waals surface area contributed by atoms with Crippen molar-refractivity contribution >= 4 is 17.4 Å². The number of hydrogen-bond acceptors (Lipinski definition) is 2. The summed E-state index contributed by atoms with van der Waals surface area (Å²) in [5.41, 5.74) is 1.75. The molecule has 1 aromatic rings. The molecule has 0 saturated carbocycles. The Kier molecular flexibility index (Phi) is 7.95. The Hall–Kier alpha value is -1.02. The highest BCUT2D eigenvalue weighted by Gasteiger charge is 2.21. The Morgan fingerprint density at radius 3 is 2.50 bits per heavy atom. The molecule has 3 heteroatoms. The molecule has 0 unspecified atom stereocenters. The quantitative estimate of drug-likeness (QED) is 0.328. The van der Waals surface area contributed by atoms with Crippen molar-refractivity contribution in [1.82, 2.24) is 0 Å². The number of ether oxygens (including phenoxy) is 1. The molecule has 0 radical (unpaired) electrons. The minimum atomic E-state index is -0.0595. The predicted octanol–water partition coefficient (Wildman–Crippen LogP) is 5.75. The van der Waals surface area contributed by atoms with Gasteiger partial charge in [-0.1, -0.05) is 47.0 Å². The van der Waals surface area contributed by atoms with Gasteiger partial charge < -0.3 is 4.74 Å². The second-order valence-electron chi connectivity index (χ2n) is 6.73. The average molecular weight is 325 g/mol. The molecule has 0 fully saturated rings. The molecule has 0 heterocycles. The van der Waals surface area contributed by atoms with E-state index in [4.69, 9.17) is 16.3 Å². The van der Waals surface area contributed by atoms with Gasteiger partial charge in [-0.25, -0.2) is 0 Å². The van der Waals surface area contributed by atoms with E-state index in [1.54, 1.807) is 0 Å². The molecule has 0 N–H and O–H groups in total. The van der Waals surface area contributed by atoms with Crippen LogP contribution in [0.2, 0.25) is 0 Å². The van der Waals surface area contributed by atoms with Crippen molar-refractivity contribution in [3.8, 4) is 5.75 Å². The van der Waals surface area contributed by atoms with Gasteiger partial charge in [-0.15, -0.1) is 11.6 Å². The highest BCUT2D eigenvalue weighted by Crippen LogP contribution is 2.32. The normalized spacial score (nSPS) is 11.5. The predicted molar refractivity (Wildman–Crippen MR) is 94.4 cm³/mol. The number of alkyl halides is 1. The van der Waals surface area contributed by atoms with Crippen molar-refractivity contribution in [2.45, 2.75) is 65.2 Å². The average Bonchev–Trinajstić information content (AvgIpc) is 2.46. The molecule has 0 saturated heterocycles. The smallest absolute Gasteiger partial charge is 0.164 e. The van der Waals surface area contributed by atoms with Crippen molar-refractivity contribution in [2.24, 2.45) is 0 Å². The molecule has 0 aliphatic carbocycles. The minimum Gasteiger partial charge on any atom is -0.493 e. The van der Waals surface area contributed by atoms with Gasteiger partial charge in [0, 0.05) is 23.4 Å². The van der Waals surface area contributed by atoms with Crippen LogP contribution in [0.15, 0.2) is 18.2 Å². The molecule has 22 heavy (non-hydrogen) atoms. The number of Topliss-reactive ketones (excluding diaryl/α,β-unsaturated/α-hetero) is 1. The highest BCUT2D eigenvalue weighted by molar-refractivity contribution is 6.19. The van der Waals surface area contributed by atoms with Crippen LogP contribution in [-0.2, 0) is 5.41 Å². The van der Waals surface area contributed by atoms with Gasteiger partial charge >= 0.3 is 0 Å². The van der Waals surface area contributed by atoms with Crippen LogP contribution in [0.5, 0.6) is 5.75 Å². The first-order valence-electron chi connectivity index (χ1n) is 8.26. The summed E-state index contributed by atoms with van der Waals surface area (Å²) in [4.78, 5) is 12.0. The zero-order chi connectivity index (χ0) is 16.6. The summed E-state index contributed by atoms with van der Waals surface area (Å²) < 4.78 is 5.97. The molecule has 0 aliphatic rings. The number of halogens is 1. The lowest BCUT2D eigenvalue weighted by molar-refractivity contribution is 0.0989. The first-order chi connectivity index (χ1) is 10.4. The molecule has 0 aliphatic heterocycles. The van der Waals surface area contributed by atoms with E-state index in [0.717, 1.165) is 29.9 Å². The van der Waals surface area contributed by atoms with Crippen LogP contribution < -0.4 is 4.74 Å². The molecule has 1 aromatic carbocycles. The third-order valence-electron chi connectivity index (χ3n) is 3.69. The van der Waals surface area contributed by atoms with Crippen LogP contribution in [0.3, 0.4) is 0 Å². The second-order valence-corrected chi connectivity index (χ2v) is 7.11. The standard InChI is InChI=1S/C19H29ClO2/c1-5-6-7-8-13-22-18-10-9-15(17(21)11-12-20)14-16(18)19(2,3)4/h9-10,14H,5-8,11-13H2,1-4H3. The zero-order valence-corrected chi connectivity index (χ0v) is 15.1. The van der Waals surface area contributed by atoms with Gasteiger partial charge in [0.1, 0.15) is 5.75 Å². The Morgan fingerprint density at radius 2 is 1.91 bits per heavy atom. The molecule has 0 atom stereocenters. The molecule has 2 nitrogen and oxygen atoms in total. The van der Waals surface area contributed by atoms with E-state index in [1.807, 2.05) is 18.2 Å². The summed E-state index contributed by atoms with van der Waals surface area (Å²) in [7, 11) is 0. The number of unbranched alkanes of at least 4 members (excludes halogenated alkanes) is 3. The van der Waals surface area contributed by atoms with E-state index in [9.17, 15) is 4.79 Å². The van der Waals surface area contributed by atoms with Crippen LogP contribution in [-0.4, -0.2) is 18.3 Å². The van der Waals surface area contributed by atoms with Crippen molar-refractivity contribution in [3.63, 3.8) is 0 Å². The lowest BCUT2D eigenvalue weighted by Gasteiger charge is -2.23. The Balaban J connectivity index is 2.85. The first-order valence-corrected chi connectivity index (χ1v) is 8.80. The van der Waals surface area contributed by atoms with E-state index >= 15 is 0 Å². The van der Waals surface area contributed by atoms with Crippen LogP contribution in [0.1, 0.15) is 75.7 Å². The van der Waals surface area contributed by atoms with Gasteiger partial charge in [0.25, 0.3) is 0 Å². The highest BCUT2D eigenvalue weighted by atomic mass is 35.5. The van der Waals surface area contributed by atoms with Crippen LogP contribution >= 0.6 is 11.6 Å².